The van der Waals surface area contributed by atoms with Gasteiger partial charge in [0.05, 0.1) is 6.42 Å². The van der Waals surface area contributed by atoms with Crippen LogP contribution in [0.5, 0.6) is 0 Å². The summed E-state index contributed by atoms with van der Waals surface area (Å²) in [6.45, 7) is 4.84. The van der Waals surface area contributed by atoms with Crippen LogP contribution in [0.1, 0.15) is 58.8 Å². The molecule has 0 spiro atoms. The summed E-state index contributed by atoms with van der Waals surface area (Å²) in [6.07, 6.45) is 4.67. The van der Waals surface area contributed by atoms with Crippen molar-refractivity contribution in [1.82, 2.24) is 10.2 Å². The lowest BCUT2D eigenvalue weighted by Gasteiger charge is -2.29. The highest BCUT2D eigenvalue weighted by molar-refractivity contribution is 5.95. The zero-order chi connectivity index (χ0) is 15.8. The number of carboxylic acid groups (broad SMARTS) is 1. The summed E-state index contributed by atoms with van der Waals surface area (Å²) in [6, 6.07) is -0.172. The second kappa shape index (κ2) is 8.64. The minimum absolute atomic E-state index is 0.163. The number of hydrogen-bond donors (Lipinski definition) is 2. The second-order valence-corrected chi connectivity index (χ2v) is 6.06. The van der Waals surface area contributed by atoms with Gasteiger partial charge in [-0.2, -0.15) is 0 Å². The van der Waals surface area contributed by atoms with Crippen LogP contribution in [0.4, 0.5) is 4.79 Å². The van der Waals surface area contributed by atoms with E-state index in [9.17, 15) is 14.4 Å². The molecule has 21 heavy (non-hydrogen) atoms. The summed E-state index contributed by atoms with van der Waals surface area (Å²) in [5.41, 5.74) is 0. The molecule has 1 aliphatic carbocycles. The van der Waals surface area contributed by atoms with Crippen molar-refractivity contribution in [3.63, 3.8) is 0 Å². The van der Waals surface area contributed by atoms with Crippen LogP contribution in [0.3, 0.4) is 0 Å². The van der Waals surface area contributed by atoms with Crippen molar-refractivity contribution >= 4 is 17.9 Å². The number of nitrogens with one attached hydrogen (secondary N) is 1. The van der Waals surface area contributed by atoms with E-state index in [1.165, 1.54) is 0 Å². The average molecular weight is 298 g/mol. The Bertz CT molecular complexity index is 376. The van der Waals surface area contributed by atoms with E-state index in [-0.39, 0.29) is 24.9 Å². The maximum Gasteiger partial charge on any atom is 0.324 e. The molecule has 0 bridgehead atoms. The molecule has 6 heteroatoms. The fourth-order valence-corrected chi connectivity index (χ4v) is 2.54. The average Bonchev–Trinajstić information content (AvgIpc) is 2.90. The predicted octanol–water partition coefficient (Wildman–Crippen LogP) is 2.38. The highest BCUT2D eigenvalue weighted by Crippen LogP contribution is 2.24. The largest absolute Gasteiger partial charge is 0.481 e. The molecule has 1 fully saturated rings. The predicted molar refractivity (Wildman–Crippen MR) is 78.8 cm³/mol. The molecule has 1 saturated carbocycles. The van der Waals surface area contributed by atoms with Gasteiger partial charge in [0.1, 0.15) is 0 Å². The first-order valence-electron chi connectivity index (χ1n) is 7.72. The fraction of sp³-hybridized carbons (Fsp3) is 0.800. The van der Waals surface area contributed by atoms with Crippen molar-refractivity contribution < 1.29 is 19.5 Å². The molecule has 6 nitrogen and oxygen atoms in total. The van der Waals surface area contributed by atoms with Gasteiger partial charge in [0.2, 0.25) is 5.91 Å². The SMILES string of the molecule is CC(C)CCN(C(=O)NC(=O)CCC(=O)O)C1CCCC1. The number of aliphatic carboxylic acids is 1. The van der Waals surface area contributed by atoms with Gasteiger partial charge in [0.25, 0.3) is 0 Å². The van der Waals surface area contributed by atoms with E-state index in [2.05, 4.69) is 19.2 Å². The van der Waals surface area contributed by atoms with Crippen molar-refractivity contribution in [2.24, 2.45) is 5.92 Å². The molecule has 0 radical (unpaired) electrons. The number of amides is 3. The van der Waals surface area contributed by atoms with Crippen LogP contribution in [0.25, 0.3) is 0 Å². The highest BCUT2D eigenvalue weighted by Gasteiger charge is 2.27. The molecule has 0 aliphatic heterocycles. The maximum atomic E-state index is 12.2. The van der Waals surface area contributed by atoms with Crippen LogP contribution in [0, 0.1) is 5.92 Å². The standard InChI is InChI=1S/C15H26N2O4/c1-11(2)9-10-17(12-5-3-4-6-12)15(21)16-13(18)7-8-14(19)20/h11-12H,3-10H2,1-2H3,(H,19,20)(H,16,18,21). The molecule has 0 atom stereocenters. The van der Waals surface area contributed by atoms with Gasteiger partial charge in [-0.15, -0.1) is 0 Å². The van der Waals surface area contributed by atoms with E-state index in [4.69, 9.17) is 5.11 Å². The molecule has 0 aromatic rings. The Kier molecular flexibility index (Phi) is 7.19. The molecule has 3 amide bonds. The summed E-state index contributed by atoms with van der Waals surface area (Å²) in [7, 11) is 0. The molecule has 2 N–H and O–H groups in total. The van der Waals surface area contributed by atoms with Crippen LogP contribution in [0.2, 0.25) is 0 Å². The number of nitrogens with zero attached hydrogens (tertiary/aromatic N) is 1. The first kappa shape index (κ1) is 17.5. The van der Waals surface area contributed by atoms with Gasteiger partial charge in [-0.25, -0.2) is 4.79 Å². The van der Waals surface area contributed by atoms with Gasteiger partial charge < -0.3 is 10.0 Å². The van der Waals surface area contributed by atoms with Gasteiger partial charge in [0.15, 0.2) is 0 Å². The topological polar surface area (TPSA) is 86.7 Å². The third kappa shape index (κ3) is 6.60. The first-order valence-corrected chi connectivity index (χ1v) is 7.72. The molecule has 0 saturated heterocycles. The third-order valence-corrected chi connectivity index (χ3v) is 3.79. The molecule has 1 aliphatic rings. The number of carboxylic acids is 1. The van der Waals surface area contributed by atoms with Crippen LogP contribution >= 0.6 is 0 Å². The number of imide groups is 1. The van der Waals surface area contributed by atoms with E-state index in [1.54, 1.807) is 4.90 Å². The number of hydrogen-bond acceptors (Lipinski definition) is 3. The normalized spacial score (nSPS) is 15.2. The van der Waals surface area contributed by atoms with E-state index in [1.807, 2.05) is 0 Å². The van der Waals surface area contributed by atoms with Crippen LogP contribution in [-0.4, -0.2) is 40.5 Å². The van der Waals surface area contributed by atoms with E-state index < -0.39 is 11.9 Å². The summed E-state index contributed by atoms with van der Waals surface area (Å²) in [4.78, 5) is 36.0. The van der Waals surface area contributed by atoms with E-state index in [0.29, 0.717) is 12.5 Å². The minimum Gasteiger partial charge on any atom is -0.481 e. The molecular formula is C15H26N2O4. The smallest absolute Gasteiger partial charge is 0.324 e. The summed E-state index contributed by atoms with van der Waals surface area (Å²) >= 11 is 0. The number of carbonyl (C=O) groups is 3. The Morgan fingerprint density at radius 3 is 2.33 bits per heavy atom. The highest BCUT2D eigenvalue weighted by atomic mass is 16.4. The number of rotatable bonds is 7. The maximum absolute atomic E-state index is 12.2. The van der Waals surface area contributed by atoms with Gasteiger partial charge in [0, 0.05) is 19.0 Å². The lowest BCUT2D eigenvalue weighted by Crippen LogP contribution is -2.47. The molecule has 0 aromatic heterocycles. The lowest BCUT2D eigenvalue weighted by molar-refractivity contribution is -0.138. The lowest BCUT2D eigenvalue weighted by atomic mass is 10.1. The second-order valence-electron chi connectivity index (χ2n) is 6.06. The van der Waals surface area contributed by atoms with E-state index >= 15 is 0 Å². The molecule has 0 unspecified atom stereocenters. The Morgan fingerprint density at radius 1 is 1.19 bits per heavy atom. The third-order valence-electron chi connectivity index (χ3n) is 3.79. The van der Waals surface area contributed by atoms with Crippen LogP contribution in [-0.2, 0) is 9.59 Å². The van der Waals surface area contributed by atoms with Crippen molar-refractivity contribution in [3.8, 4) is 0 Å². The van der Waals surface area contributed by atoms with Gasteiger partial charge in [-0.3, -0.25) is 14.9 Å². The monoisotopic (exact) mass is 298 g/mol. The van der Waals surface area contributed by atoms with E-state index in [0.717, 1.165) is 32.1 Å². The van der Waals surface area contributed by atoms with Gasteiger partial charge >= 0.3 is 12.0 Å². The summed E-state index contributed by atoms with van der Waals surface area (Å²) in [5, 5.41) is 10.9. The first-order chi connectivity index (χ1) is 9.90. The Hall–Kier alpha value is -1.59. The molecule has 0 heterocycles. The Balaban J connectivity index is 2.53. The molecule has 120 valence electrons. The minimum atomic E-state index is -1.04. The Morgan fingerprint density at radius 2 is 1.81 bits per heavy atom. The Labute approximate surface area is 125 Å². The molecule has 0 aromatic carbocycles. The zero-order valence-electron chi connectivity index (χ0n) is 12.9. The van der Waals surface area contributed by atoms with Crippen molar-refractivity contribution in [2.75, 3.05) is 6.54 Å². The van der Waals surface area contributed by atoms with Crippen LogP contribution < -0.4 is 5.32 Å². The molecule has 1 rings (SSSR count). The van der Waals surface area contributed by atoms with Gasteiger partial charge in [-0.1, -0.05) is 26.7 Å². The molecular weight excluding hydrogens is 272 g/mol. The summed E-state index contributed by atoms with van der Waals surface area (Å²) in [5.74, 6) is -1.07. The fourth-order valence-electron chi connectivity index (χ4n) is 2.54. The quantitative estimate of drug-likeness (QED) is 0.755. The summed E-state index contributed by atoms with van der Waals surface area (Å²) < 4.78 is 0. The zero-order valence-corrected chi connectivity index (χ0v) is 12.9. The van der Waals surface area contributed by atoms with Gasteiger partial charge in [-0.05, 0) is 25.2 Å². The number of carbonyl (C=O) groups excluding carboxylic acids is 2. The van der Waals surface area contributed by atoms with Crippen molar-refractivity contribution in [1.29, 1.82) is 0 Å². The number of urea groups is 1. The van der Waals surface area contributed by atoms with Crippen LogP contribution in [0.15, 0.2) is 0 Å². The van der Waals surface area contributed by atoms with Crippen molar-refractivity contribution in [3.05, 3.63) is 0 Å². The van der Waals surface area contributed by atoms with Crippen molar-refractivity contribution in [2.45, 2.75) is 64.8 Å².